The highest BCUT2D eigenvalue weighted by molar-refractivity contribution is 5.96. The van der Waals surface area contributed by atoms with E-state index in [4.69, 9.17) is 4.52 Å². The molecule has 1 fully saturated rings. The molecule has 0 aliphatic heterocycles. The van der Waals surface area contributed by atoms with Crippen LogP contribution in [-0.4, -0.2) is 42.6 Å². The van der Waals surface area contributed by atoms with Crippen LogP contribution in [0.3, 0.4) is 0 Å². The number of carbonyl (C=O) groups is 1. The second-order valence-electron chi connectivity index (χ2n) is 7.30. The maximum atomic E-state index is 12.6. The number of rotatable bonds is 6. The molecule has 1 aliphatic carbocycles. The third-order valence-electron chi connectivity index (χ3n) is 4.97. The standard InChI is InChI=1S/C18H31N3O2/c1-12(2)17-16(13(3)20-23-17)18(22)19-11-15(21(4)5)14-9-7-6-8-10-14/h12,14-15H,6-11H2,1-5H3,(H,19,22)/t15-/m0/s1. The second kappa shape index (κ2) is 7.95. The van der Waals surface area contributed by atoms with Crippen molar-refractivity contribution in [3.8, 4) is 0 Å². The summed E-state index contributed by atoms with van der Waals surface area (Å²) in [7, 11) is 4.21. The van der Waals surface area contributed by atoms with Crippen LogP contribution in [0.5, 0.6) is 0 Å². The smallest absolute Gasteiger partial charge is 0.256 e. The van der Waals surface area contributed by atoms with E-state index in [-0.39, 0.29) is 11.8 Å². The molecule has 1 atom stereocenters. The largest absolute Gasteiger partial charge is 0.360 e. The van der Waals surface area contributed by atoms with Crippen LogP contribution in [0.4, 0.5) is 0 Å². The molecule has 2 rings (SSSR count). The summed E-state index contributed by atoms with van der Waals surface area (Å²) in [5.41, 5.74) is 1.28. The lowest BCUT2D eigenvalue weighted by molar-refractivity contribution is 0.0919. The SMILES string of the molecule is Cc1noc(C(C)C)c1C(=O)NC[C@@H](C1CCCCC1)N(C)C. The monoisotopic (exact) mass is 321 g/mol. The number of likely N-dealkylation sites (N-methyl/N-ethyl adjacent to an activating group) is 1. The van der Waals surface area contributed by atoms with Gasteiger partial charge in [-0.3, -0.25) is 4.79 Å². The third kappa shape index (κ3) is 4.34. The van der Waals surface area contributed by atoms with Gasteiger partial charge in [-0.05, 0) is 39.8 Å². The van der Waals surface area contributed by atoms with Crippen molar-refractivity contribution in [3.63, 3.8) is 0 Å². The summed E-state index contributed by atoms with van der Waals surface area (Å²) >= 11 is 0. The molecule has 23 heavy (non-hydrogen) atoms. The summed E-state index contributed by atoms with van der Waals surface area (Å²) in [6.45, 7) is 6.54. The molecule has 1 heterocycles. The van der Waals surface area contributed by atoms with E-state index < -0.39 is 0 Å². The zero-order valence-corrected chi connectivity index (χ0v) is 15.2. The minimum Gasteiger partial charge on any atom is -0.360 e. The highest BCUT2D eigenvalue weighted by atomic mass is 16.5. The molecular weight excluding hydrogens is 290 g/mol. The lowest BCUT2D eigenvalue weighted by Crippen LogP contribution is -2.45. The van der Waals surface area contributed by atoms with Crippen LogP contribution in [0.25, 0.3) is 0 Å². The minimum absolute atomic E-state index is 0.0601. The van der Waals surface area contributed by atoms with E-state index in [1.54, 1.807) is 0 Å². The Morgan fingerprint density at radius 3 is 2.52 bits per heavy atom. The quantitative estimate of drug-likeness (QED) is 0.873. The fraction of sp³-hybridized carbons (Fsp3) is 0.778. The predicted octanol–water partition coefficient (Wildman–Crippen LogP) is 3.35. The first-order valence-electron chi connectivity index (χ1n) is 8.82. The first kappa shape index (κ1) is 18.0. The van der Waals surface area contributed by atoms with E-state index >= 15 is 0 Å². The summed E-state index contributed by atoms with van der Waals surface area (Å²) in [6.07, 6.45) is 6.50. The van der Waals surface area contributed by atoms with E-state index in [0.29, 0.717) is 35.5 Å². The van der Waals surface area contributed by atoms with Crippen molar-refractivity contribution >= 4 is 5.91 Å². The van der Waals surface area contributed by atoms with Gasteiger partial charge in [0.05, 0.1) is 5.69 Å². The van der Waals surface area contributed by atoms with Crippen molar-refractivity contribution in [1.82, 2.24) is 15.4 Å². The van der Waals surface area contributed by atoms with Gasteiger partial charge >= 0.3 is 0 Å². The molecule has 5 nitrogen and oxygen atoms in total. The molecule has 1 aliphatic rings. The summed E-state index contributed by atoms with van der Waals surface area (Å²) in [4.78, 5) is 14.9. The van der Waals surface area contributed by atoms with Crippen LogP contribution >= 0.6 is 0 Å². The van der Waals surface area contributed by atoms with Crippen LogP contribution in [-0.2, 0) is 0 Å². The van der Waals surface area contributed by atoms with Gasteiger partial charge in [0.15, 0.2) is 5.76 Å². The summed E-state index contributed by atoms with van der Waals surface area (Å²) in [5, 5.41) is 7.08. The number of hydrogen-bond acceptors (Lipinski definition) is 4. The second-order valence-corrected chi connectivity index (χ2v) is 7.30. The number of amides is 1. The summed E-state index contributed by atoms with van der Waals surface area (Å²) in [5.74, 6) is 1.45. The van der Waals surface area contributed by atoms with Gasteiger partial charge in [-0.2, -0.15) is 0 Å². The Bertz CT molecular complexity index is 516. The minimum atomic E-state index is -0.0601. The van der Waals surface area contributed by atoms with Crippen LogP contribution in [0.15, 0.2) is 4.52 Å². The number of aryl methyl sites for hydroxylation is 1. The van der Waals surface area contributed by atoms with Gasteiger partial charge < -0.3 is 14.7 Å². The average molecular weight is 321 g/mol. The fourth-order valence-corrected chi connectivity index (χ4v) is 3.63. The van der Waals surface area contributed by atoms with Gasteiger partial charge in [-0.1, -0.05) is 38.3 Å². The fourth-order valence-electron chi connectivity index (χ4n) is 3.63. The van der Waals surface area contributed by atoms with Gasteiger partial charge in [0, 0.05) is 18.5 Å². The lowest BCUT2D eigenvalue weighted by Gasteiger charge is -2.35. The van der Waals surface area contributed by atoms with Crippen molar-refractivity contribution < 1.29 is 9.32 Å². The van der Waals surface area contributed by atoms with Crippen molar-refractivity contribution in [2.75, 3.05) is 20.6 Å². The maximum absolute atomic E-state index is 12.6. The zero-order chi connectivity index (χ0) is 17.0. The Balaban J connectivity index is 2.03. The number of carbonyl (C=O) groups excluding carboxylic acids is 1. The van der Waals surface area contributed by atoms with Gasteiger partial charge in [-0.25, -0.2) is 0 Å². The molecule has 0 saturated heterocycles. The highest BCUT2D eigenvalue weighted by Gasteiger charge is 2.27. The van der Waals surface area contributed by atoms with Crippen LogP contribution in [0.1, 0.15) is 73.7 Å². The first-order chi connectivity index (χ1) is 10.9. The van der Waals surface area contributed by atoms with Crippen molar-refractivity contribution in [2.24, 2.45) is 5.92 Å². The molecule has 1 saturated carbocycles. The molecule has 1 N–H and O–H groups in total. The van der Waals surface area contributed by atoms with E-state index in [2.05, 4.69) is 29.5 Å². The molecule has 1 aromatic heterocycles. The molecule has 0 radical (unpaired) electrons. The topological polar surface area (TPSA) is 58.4 Å². The Morgan fingerprint density at radius 1 is 1.30 bits per heavy atom. The van der Waals surface area contributed by atoms with Crippen molar-refractivity contribution in [2.45, 2.75) is 64.8 Å². The van der Waals surface area contributed by atoms with E-state index in [9.17, 15) is 4.79 Å². The van der Waals surface area contributed by atoms with E-state index in [1.165, 1.54) is 32.1 Å². The lowest BCUT2D eigenvalue weighted by atomic mass is 9.83. The van der Waals surface area contributed by atoms with Gasteiger partial charge in [0.2, 0.25) is 0 Å². The Hall–Kier alpha value is -1.36. The Morgan fingerprint density at radius 2 is 1.96 bits per heavy atom. The Kier molecular flexibility index (Phi) is 6.22. The molecule has 0 bridgehead atoms. The highest BCUT2D eigenvalue weighted by Crippen LogP contribution is 2.28. The van der Waals surface area contributed by atoms with Gasteiger partial charge in [0.25, 0.3) is 5.91 Å². The van der Waals surface area contributed by atoms with Gasteiger partial charge in [-0.15, -0.1) is 0 Å². The number of hydrogen-bond donors (Lipinski definition) is 1. The molecule has 0 aromatic carbocycles. The van der Waals surface area contributed by atoms with Gasteiger partial charge in [0.1, 0.15) is 5.56 Å². The van der Waals surface area contributed by atoms with Crippen LogP contribution in [0.2, 0.25) is 0 Å². The third-order valence-corrected chi connectivity index (χ3v) is 4.97. The molecule has 130 valence electrons. The molecular formula is C18H31N3O2. The average Bonchev–Trinajstić information content (AvgIpc) is 2.90. The van der Waals surface area contributed by atoms with E-state index in [0.717, 1.165) is 0 Å². The maximum Gasteiger partial charge on any atom is 0.256 e. The van der Waals surface area contributed by atoms with Crippen molar-refractivity contribution in [1.29, 1.82) is 0 Å². The number of aromatic nitrogens is 1. The molecule has 5 heteroatoms. The number of nitrogens with one attached hydrogen (secondary N) is 1. The normalized spacial score (nSPS) is 17.7. The summed E-state index contributed by atoms with van der Waals surface area (Å²) < 4.78 is 5.33. The Labute approximate surface area is 139 Å². The molecule has 0 unspecified atom stereocenters. The zero-order valence-electron chi connectivity index (χ0n) is 15.2. The molecule has 1 aromatic rings. The number of nitrogens with zero attached hydrogens (tertiary/aromatic N) is 2. The first-order valence-corrected chi connectivity index (χ1v) is 8.82. The van der Waals surface area contributed by atoms with Crippen molar-refractivity contribution in [3.05, 3.63) is 17.0 Å². The van der Waals surface area contributed by atoms with Crippen LogP contribution < -0.4 is 5.32 Å². The van der Waals surface area contributed by atoms with E-state index in [1.807, 2.05) is 20.8 Å². The molecule has 0 spiro atoms. The van der Waals surface area contributed by atoms with Crippen LogP contribution in [0, 0.1) is 12.8 Å². The molecule has 1 amide bonds. The summed E-state index contributed by atoms with van der Waals surface area (Å²) in [6, 6.07) is 0.391. The predicted molar refractivity (Wildman–Crippen MR) is 91.7 cm³/mol.